The Hall–Kier alpha value is -1.71. The molecule has 1 heterocycles. The molecule has 0 radical (unpaired) electrons. The van der Waals surface area contributed by atoms with Crippen LogP contribution in [0.2, 0.25) is 0 Å². The molecule has 15 heavy (non-hydrogen) atoms. The van der Waals surface area contributed by atoms with E-state index in [0.717, 1.165) is 5.56 Å². The molecule has 1 atom stereocenters. The van der Waals surface area contributed by atoms with Crippen molar-refractivity contribution in [3.05, 3.63) is 29.6 Å². The van der Waals surface area contributed by atoms with Gasteiger partial charge in [-0.1, -0.05) is 6.07 Å². The van der Waals surface area contributed by atoms with Crippen molar-refractivity contribution in [2.24, 2.45) is 0 Å². The SMILES string of the molecule is CC(=O)C(C)NC(=O)c1ncccc1C. The average molecular weight is 206 g/mol. The maximum absolute atomic E-state index is 11.7. The average Bonchev–Trinajstić information content (AvgIpc) is 2.18. The molecule has 0 aliphatic heterocycles. The lowest BCUT2D eigenvalue weighted by Crippen LogP contribution is -2.37. The summed E-state index contributed by atoms with van der Waals surface area (Å²) in [4.78, 5) is 26.6. The Balaban J connectivity index is 2.78. The second kappa shape index (κ2) is 4.68. The fraction of sp³-hybridized carbons (Fsp3) is 0.364. The van der Waals surface area contributed by atoms with Crippen LogP contribution in [-0.2, 0) is 4.79 Å². The van der Waals surface area contributed by atoms with Crippen LogP contribution < -0.4 is 5.32 Å². The predicted molar refractivity (Wildman–Crippen MR) is 56.6 cm³/mol. The Morgan fingerprint density at radius 1 is 1.47 bits per heavy atom. The molecular weight excluding hydrogens is 192 g/mol. The zero-order valence-corrected chi connectivity index (χ0v) is 9.07. The van der Waals surface area contributed by atoms with Crippen LogP contribution in [0.1, 0.15) is 29.9 Å². The Morgan fingerprint density at radius 2 is 2.13 bits per heavy atom. The fourth-order valence-electron chi connectivity index (χ4n) is 1.09. The second-order valence-electron chi connectivity index (χ2n) is 3.47. The van der Waals surface area contributed by atoms with Crippen molar-refractivity contribution in [1.29, 1.82) is 0 Å². The van der Waals surface area contributed by atoms with Gasteiger partial charge in [0.2, 0.25) is 0 Å². The van der Waals surface area contributed by atoms with Gasteiger partial charge in [0.25, 0.3) is 5.91 Å². The van der Waals surface area contributed by atoms with Crippen molar-refractivity contribution in [2.45, 2.75) is 26.8 Å². The van der Waals surface area contributed by atoms with Gasteiger partial charge in [0.15, 0.2) is 5.78 Å². The van der Waals surface area contributed by atoms with Gasteiger partial charge in [-0.25, -0.2) is 0 Å². The van der Waals surface area contributed by atoms with E-state index in [-0.39, 0.29) is 11.7 Å². The Morgan fingerprint density at radius 3 is 2.67 bits per heavy atom. The van der Waals surface area contributed by atoms with Gasteiger partial charge in [0, 0.05) is 6.20 Å². The van der Waals surface area contributed by atoms with Crippen LogP contribution >= 0.6 is 0 Å². The van der Waals surface area contributed by atoms with Gasteiger partial charge in [0.05, 0.1) is 6.04 Å². The summed E-state index contributed by atoms with van der Waals surface area (Å²) in [5.74, 6) is -0.382. The minimum absolute atomic E-state index is 0.0723. The molecule has 1 aromatic rings. The number of amides is 1. The number of carbonyl (C=O) groups excluding carboxylic acids is 2. The van der Waals surface area contributed by atoms with Crippen molar-refractivity contribution in [3.63, 3.8) is 0 Å². The van der Waals surface area contributed by atoms with Crippen molar-refractivity contribution in [1.82, 2.24) is 10.3 Å². The molecule has 1 unspecified atom stereocenters. The largest absolute Gasteiger partial charge is 0.341 e. The Labute approximate surface area is 88.7 Å². The van der Waals surface area contributed by atoms with Crippen molar-refractivity contribution in [3.8, 4) is 0 Å². The number of carbonyl (C=O) groups is 2. The number of nitrogens with one attached hydrogen (secondary N) is 1. The first-order chi connectivity index (χ1) is 7.02. The number of pyridine rings is 1. The summed E-state index contributed by atoms with van der Waals surface area (Å²) in [6, 6.07) is 3.10. The topological polar surface area (TPSA) is 59.1 Å². The number of ketones is 1. The van der Waals surface area contributed by atoms with Crippen LogP contribution in [0.5, 0.6) is 0 Å². The van der Waals surface area contributed by atoms with E-state index in [1.54, 1.807) is 32.2 Å². The standard InChI is InChI=1S/C11H14N2O2/c1-7-5-4-6-12-10(7)11(15)13-8(2)9(3)14/h4-6,8H,1-3H3,(H,13,15). The number of aromatic nitrogens is 1. The van der Waals surface area contributed by atoms with Crippen LogP contribution in [-0.4, -0.2) is 22.7 Å². The van der Waals surface area contributed by atoms with E-state index in [9.17, 15) is 9.59 Å². The highest BCUT2D eigenvalue weighted by molar-refractivity contribution is 5.96. The van der Waals surface area contributed by atoms with Crippen LogP contribution in [0.25, 0.3) is 0 Å². The summed E-state index contributed by atoms with van der Waals surface area (Å²) in [6.07, 6.45) is 1.56. The molecule has 1 N–H and O–H groups in total. The van der Waals surface area contributed by atoms with Crippen LogP contribution in [0.3, 0.4) is 0 Å². The van der Waals surface area contributed by atoms with Gasteiger partial charge in [-0.15, -0.1) is 0 Å². The minimum atomic E-state index is -0.473. The molecule has 80 valence electrons. The monoisotopic (exact) mass is 206 g/mol. The lowest BCUT2D eigenvalue weighted by atomic mass is 10.2. The summed E-state index contributed by atoms with van der Waals surface area (Å²) in [7, 11) is 0. The normalized spacial score (nSPS) is 11.9. The number of hydrogen-bond donors (Lipinski definition) is 1. The van der Waals surface area contributed by atoms with Gasteiger partial charge in [-0.05, 0) is 32.4 Å². The molecule has 1 aromatic heterocycles. The van der Waals surface area contributed by atoms with Crippen molar-refractivity contribution in [2.75, 3.05) is 0 Å². The van der Waals surface area contributed by atoms with E-state index in [4.69, 9.17) is 0 Å². The van der Waals surface area contributed by atoms with Gasteiger partial charge < -0.3 is 5.32 Å². The summed E-state index contributed by atoms with van der Waals surface area (Å²) < 4.78 is 0. The first-order valence-corrected chi connectivity index (χ1v) is 4.75. The maximum Gasteiger partial charge on any atom is 0.270 e. The predicted octanol–water partition coefficient (Wildman–Crippen LogP) is 1.10. The van der Waals surface area contributed by atoms with E-state index < -0.39 is 6.04 Å². The molecule has 0 aromatic carbocycles. The van der Waals surface area contributed by atoms with Crippen molar-refractivity contribution < 1.29 is 9.59 Å². The van der Waals surface area contributed by atoms with E-state index >= 15 is 0 Å². The van der Waals surface area contributed by atoms with Gasteiger partial charge in [-0.2, -0.15) is 0 Å². The first-order valence-electron chi connectivity index (χ1n) is 4.75. The molecular formula is C11H14N2O2. The quantitative estimate of drug-likeness (QED) is 0.805. The smallest absolute Gasteiger partial charge is 0.270 e. The van der Waals surface area contributed by atoms with E-state index in [1.165, 1.54) is 6.92 Å². The Kier molecular flexibility index (Phi) is 3.55. The minimum Gasteiger partial charge on any atom is -0.341 e. The maximum atomic E-state index is 11.7. The fourth-order valence-corrected chi connectivity index (χ4v) is 1.09. The Bertz CT molecular complexity index is 388. The molecule has 0 saturated carbocycles. The molecule has 0 bridgehead atoms. The molecule has 0 aliphatic carbocycles. The molecule has 0 aliphatic rings. The molecule has 1 rings (SSSR count). The van der Waals surface area contributed by atoms with E-state index in [2.05, 4.69) is 10.3 Å². The molecule has 0 saturated heterocycles. The number of rotatable bonds is 3. The molecule has 4 heteroatoms. The highest BCUT2D eigenvalue weighted by Crippen LogP contribution is 2.03. The summed E-state index contributed by atoms with van der Waals surface area (Å²) in [5.41, 5.74) is 1.16. The third kappa shape index (κ3) is 2.87. The highest BCUT2D eigenvalue weighted by Gasteiger charge is 2.15. The van der Waals surface area contributed by atoms with Crippen molar-refractivity contribution >= 4 is 11.7 Å². The van der Waals surface area contributed by atoms with Crippen LogP contribution in [0.15, 0.2) is 18.3 Å². The van der Waals surface area contributed by atoms with Crippen LogP contribution in [0, 0.1) is 6.92 Å². The molecule has 0 spiro atoms. The lowest BCUT2D eigenvalue weighted by molar-refractivity contribution is -0.118. The number of aryl methyl sites for hydroxylation is 1. The summed E-state index contributed by atoms with van der Waals surface area (Å²) in [5, 5.41) is 2.59. The molecule has 1 amide bonds. The number of Topliss-reactive ketones (excluding diaryl/α,β-unsaturated/α-hetero) is 1. The number of hydrogen-bond acceptors (Lipinski definition) is 3. The zero-order valence-electron chi connectivity index (χ0n) is 9.07. The van der Waals surface area contributed by atoms with Crippen LogP contribution in [0.4, 0.5) is 0 Å². The van der Waals surface area contributed by atoms with Gasteiger partial charge in [-0.3, -0.25) is 14.6 Å². The third-order valence-corrected chi connectivity index (χ3v) is 2.18. The number of nitrogens with zero attached hydrogens (tertiary/aromatic N) is 1. The van der Waals surface area contributed by atoms with Gasteiger partial charge >= 0.3 is 0 Å². The van der Waals surface area contributed by atoms with Gasteiger partial charge in [0.1, 0.15) is 5.69 Å². The summed E-state index contributed by atoms with van der Waals surface area (Å²) >= 11 is 0. The zero-order chi connectivity index (χ0) is 11.4. The molecule has 0 fully saturated rings. The second-order valence-corrected chi connectivity index (χ2v) is 3.47. The third-order valence-electron chi connectivity index (χ3n) is 2.18. The first kappa shape index (κ1) is 11.4. The summed E-state index contributed by atoms with van der Waals surface area (Å²) in [6.45, 7) is 4.90. The van der Waals surface area contributed by atoms with E-state index in [1.807, 2.05) is 0 Å². The highest BCUT2D eigenvalue weighted by atomic mass is 16.2. The van der Waals surface area contributed by atoms with E-state index in [0.29, 0.717) is 5.69 Å². The lowest BCUT2D eigenvalue weighted by Gasteiger charge is -2.10. The molecule has 4 nitrogen and oxygen atoms in total.